The van der Waals surface area contributed by atoms with E-state index in [-0.39, 0.29) is 23.8 Å². The van der Waals surface area contributed by atoms with Crippen molar-refractivity contribution in [2.75, 3.05) is 11.9 Å². The molecule has 1 aromatic carbocycles. The number of sulfonamides is 1. The topological polar surface area (TPSA) is 101 Å². The Morgan fingerprint density at radius 2 is 2.09 bits per heavy atom. The van der Waals surface area contributed by atoms with Crippen molar-refractivity contribution in [2.24, 2.45) is 0 Å². The minimum Gasteiger partial charge on any atom is -0.300 e. The fourth-order valence-corrected chi connectivity index (χ4v) is 3.60. The van der Waals surface area contributed by atoms with Crippen LogP contribution in [0.25, 0.3) is 0 Å². The van der Waals surface area contributed by atoms with Crippen LogP contribution in [-0.4, -0.2) is 31.1 Å². The van der Waals surface area contributed by atoms with Gasteiger partial charge in [-0.25, -0.2) is 13.1 Å². The molecule has 0 saturated heterocycles. The summed E-state index contributed by atoms with van der Waals surface area (Å²) in [5.74, 6) is -0.319. The number of hydrogen-bond acceptors (Lipinski definition) is 6. The first-order valence-corrected chi connectivity index (χ1v) is 8.88. The highest BCUT2D eigenvalue weighted by Crippen LogP contribution is 2.16. The van der Waals surface area contributed by atoms with Crippen LogP contribution in [0.5, 0.6) is 0 Å². The van der Waals surface area contributed by atoms with Gasteiger partial charge in [-0.05, 0) is 31.0 Å². The molecule has 1 aromatic heterocycles. The SMILES string of the molecule is Cc1ccc(C)c(S(=O)(=O)NCCC(=O)Nc2nncs2)c1. The van der Waals surface area contributed by atoms with E-state index in [0.717, 1.165) is 5.56 Å². The molecule has 1 amide bonds. The second-order valence-electron chi connectivity index (χ2n) is 4.71. The normalized spacial score (nSPS) is 11.4. The van der Waals surface area contributed by atoms with Crippen molar-refractivity contribution < 1.29 is 13.2 Å². The lowest BCUT2D eigenvalue weighted by molar-refractivity contribution is -0.116. The summed E-state index contributed by atoms with van der Waals surface area (Å²) in [6.07, 6.45) is 0.0175. The first kappa shape index (κ1) is 16.5. The van der Waals surface area contributed by atoms with E-state index in [4.69, 9.17) is 0 Å². The summed E-state index contributed by atoms with van der Waals surface area (Å²) in [5.41, 5.74) is 3.02. The molecule has 2 rings (SSSR count). The second-order valence-corrected chi connectivity index (χ2v) is 7.28. The number of rotatable bonds is 6. The van der Waals surface area contributed by atoms with Gasteiger partial charge in [-0.2, -0.15) is 0 Å². The Hall–Kier alpha value is -1.84. The maximum absolute atomic E-state index is 12.2. The molecule has 0 bridgehead atoms. The molecular formula is C13H16N4O3S2. The van der Waals surface area contributed by atoms with E-state index in [1.54, 1.807) is 19.1 Å². The van der Waals surface area contributed by atoms with Crippen LogP contribution in [0.4, 0.5) is 5.13 Å². The van der Waals surface area contributed by atoms with Gasteiger partial charge in [-0.3, -0.25) is 4.79 Å². The molecule has 0 saturated carbocycles. The van der Waals surface area contributed by atoms with E-state index in [1.807, 2.05) is 13.0 Å². The molecular weight excluding hydrogens is 324 g/mol. The lowest BCUT2D eigenvalue weighted by Crippen LogP contribution is -2.28. The lowest BCUT2D eigenvalue weighted by atomic mass is 10.2. The van der Waals surface area contributed by atoms with E-state index in [1.165, 1.54) is 16.8 Å². The summed E-state index contributed by atoms with van der Waals surface area (Å²) in [5, 5.41) is 10.2. The predicted octanol–water partition coefficient (Wildman–Crippen LogP) is 1.46. The monoisotopic (exact) mass is 340 g/mol. The fraction of sp³-hybridized carbons (Fsp3) is 0.308. The summed E-state index contributed by atoms with van der Waals surface area (Å²) >= 11 is 1.20. The number of aromatic nitrogens is 2. The average molecular weight is 340 g/mol. The van der Waals surface area contributed by atoms with Gasteiger partial charge in [-0.15, -0.1) is 10.2 Å². The Labute approximate surface area is 132 Å². The highest BCUT2D eigenvalue weighted by atomic mass is 32.2. The number of benzene rings is 1. The molecule has 0 radical (unpaired) electrons. The predicted molar refractivity (Wildman–Crippen MR) is 84.3 cm³/mol. The van der Waals surface area contributed by atoms with Crippen LogP contribution in [0.3, 0.4) is 0 Å². The number of anilines is 1. The van der Waals surface area contributed by atoms with E-state index < -0.39 is 10.0 Å². The van der Waals surface area contributed by atoms with Crippen molar-refractivity contribution in [3.63, 3.8) is 0 Å². The van der Waals surface area contributed by atoms with Gasteiger partial charge in [0.1, 0.15) is 5.51 Å². The highest BCUT2D eigenvalue weighted by molar-refractivity contribution is 7.89. The zero-order chi connectivity index (χ0) is 16.2. The zero-order valence-electron chi connectivity index (χ0n) is 12.2. The van der Waals surface area contributed by atoms with Gasteiger partial charge < -0.3 is 5.32 Å². The Kier molecular flexibility index (Phi) is 5.22. The number of carbonyl (C=O) groups excluding carboxylic acids is 1. The lowest BCUT2D eigenvalue weighted by Gasteiger charge is -2.10. The first-order valence-electron chi connectivity index (χ1n) is 6.51. The van der Waals surface area contributed by atoms with Crippen molar-refractivity contribution in [3.8, 4) is 0 Å². The molecule has 0 fully saturated rings. The van der Waals surface area contributed by atoms with E-state index in [2.05, 4.69) is 20.2 Å². The third kappa shape index (κ3) is 4.33. The van der Waals surface area contributed by atoms with E-state index in [9.17, 15) is 13.2 Å². The molecule has 0 aliphatic heterocycles. The van der Waals surface area contributed by atoms with Crippen molar-refractivity contribution in [1.82, 2.24) is 14.9 Å². The molecule has 22 heavy (non-hydrogen) atoms. The Bertz CT molecular complexity index is 758. The minimum absolute atomic E-state index is 0.0142. The van der Waals surface area contributed by atoms with Gasteiger partial charge in [0.05, 0.1) is 4.90 Å². The van der Waals surface area contributed by atoms with Crippen LogP contribution >= 0.6 is 11.3 Å². The number of hydrogen-bond donors (Lipinski definition) is 2. The minimum atomic E-state index is -3.63. The summed E-state index contributed by atoms with van der Waals surface area (Å²) in [6, 6.07) is 5.22. The summed E-state index contributed by atoms with van der Waals surface area (Å²) in [4.78, 5) is 11.9. The number of nitrogens with one attached hydrogen (secondary N) is 2. The molecule has 0 atom stereocenters. The highest BCUT2D eigenvalue weighted by Gasteiger charge is 2.17. The Balaban J connectivity index is 1.92. The van der Waals surface area contributed by atoms with Crippen molar-refractivity contribution in [1.29, 1.82) is 0 Å². The summed E-state index contributed by atoms with van der Waals surface area (Å²) < 4.78 is 26.9. The smallest absolute Gasteiger partial charge is 0.240 e. The Morgan fingerprint density at radius 3 is 2.77 bits per heavy atom. The standard InChI is InChI=1S/C13H16N4O3S2/c1-9-3-4-10(2)11(7-9)22(19,20)15-6-5-12(18)16-13-17-14-8-21-13/h3-4,7-8,15H,5-6H2,1-2H3,(H,16,17,18). The molecule has 2 aromatic rings. The number of aryl methyl sites for hydroxylation is 2. The third-order valence-electron chi connectivity index (χ3n) is 2.88. The zero-order valence-corrected chi connectivity index (χ0v) is 13.8. The molecule has 118 valence electrons. The van der Waals surface area contributed by atoms with E-state index in [0.29, 0.717) is 10.7 Å². The maximum Gasteiger partial charge on any atom is 0.240 e. The molecule has 0 aliphatic rings. The Morgan fingerprint density at radius 1 is 1.32 bits per heavy atom. The molecule has 7 nitrogen and oxygen atoms in total. The number of amides is 1. The molecule has 2 N–H and O–H groups in total. The van der Waals surface area contributed by atoms with Crippen LogP contribution in [0.2, 0.25) is 0 Å². The molecule has 0 aliphatic carbocycles. The van der Waals surface area contributed by atoms with Crippen LogP contribution in [-0.2, 0) is 14.8 Å². The van der Waals surface area contributed by atoms with Crippen molar-refractivity contribution in [2.45, 2.75) is 25.2 Å². The van der Waals surface area contributed by atoms with Gasteiger partial charge in [0.2, 0.25) is 21.1 Å². The van der Waals surface area contributed by atoms with Crippen molar-refractivity contribution in [3.05, 3.63) is 34.8 Å². The quantitative estimate of drug-likeness (QED) is 0.829. The second kappa shape index (κ2) is 6.95. The molecule has 9 heteroatoms. The van der Waals surface area contributed by atoms with Gasteiger partial charge in [0, 0.05) is 13.0 Å². The average Bonchev–Trinajstić information content (AvgIpc) is 2.94. The molecule has 0 spiro atoms. The van der Waals surface area contributed by atoms with Gasteiger partial charge in [0.25, 0.3) is 0 Å². The maximum atomic E-state index is 12.2. The van der Waals surface area contributed by atoms with Gasteiger partial charge in [0.15, 0.2) is 0 Å². The fourth-order valence-electron chi connectivity index (χ4n) is 1.78. The van der Waals surface area contributed by atoms with Crippen molar-refractivity contribution >= 4 is 32.4 Å². The number of carbonyl (C=O) groups is 1. The van der Waals surface area contributed by atoms with Crippen LogP contribution in [0, 0.1) is 13.8 Å². The molecule has 1 heterocycles. The largest absolute Gasteiger partial charge is 0.300 e. The summed E-state index contributed by atoms with van der Waals surface area (Å²) in [7, 11) is -3.63. The number of nitrogens with zero attached hydrogens (tertiary/aromatic N) is 2. The van der Waals surface area contributed by atoms with Gasteiger partial charge in [-0.1, -0.05) is 23.5 Å². The van der Waals surface area contributed by atoms with Gasteiger partial charge >= 0.3 is 0 Å². The first-order chi connectivity index (χ1) is 10.4. The van der Waals surface area contributed by atoms with Crippen LogP contribution in [0.1, 0.15) is 17.5 Å². The van der Waals surface area contributed by atoms with Crippen LogP contribution < -0.4 is 10.0 Å². The third-order valence-corrected chi connectivity index (χ3v) is 5.09. The van der Waals surface area contributed by atoms with E-state index >= 15 is 0 Å². The molecule has 0 unspecified atom stereocenters. The summed E-state index contributed by atoms with van der Waals surface area (Å²) in [6.45, 7) is 3.57. The van der Waals surface area contributed by atoms with Crippen LogP contribution in [0.15, 0.2) is 28.6 Å².